The molecule has 0 saturated carbocycles. The number of likely N-dealkylation sites (N-methyl/N-ethyl adjacent to an activating group) is 1. The fraction of sp³-hybridized carbons (Fsp3) is 0.571. The Morgan fingerprint density at radius 3 is 2.50 bits per heavy atom. The number of carbonyl (C=O) groups excluding carboxylic acids is 3. The van der Waals surface area contributed by atoms with Gasteiger partial charge in [0.05, 0.1) is 12.0 Å². The highest BCUT2D eigenvalue weighted by Gasteiger charge is 2.54. The summed E-state index contributed by atoms with van der Waals surface area (Å²) in [7, 11) is 1.59. The molecule has 1 unspecified atom stereocenters. The SMILES string of the molecule is CCN1C(=O)C2(CCN(C(=O)c3ccccc3)CC2)CC1C(=O)NCCOC. The molecular formula is C21H29N3O4. The van der Waals surface area contributed by atoms with E-state index in [1.807, 2.05) is 42.2 Å². The number of ether oxygens (including phenoxy) is 1. The summed E-state index contributed by atoms with van der Waals surface area (Å²) in [6.45, 7) is 4.37. The number of hydrogen-bond acceptors (Lipinski definition) is 4. The molecule has 7 nitrogen and oxygen atoms in total. The Kier molecular flexibility index (Phi) is 6.34. The van der Waals surface area contributed by atoms with Crippen molar-refractivity contribution in [3.05, 3.63) is 35.9 Å². The predicted molar refractivity (Wildman–Crippen MR) is 105 cm³/mol. The minimum absolute atomic E-state index is 0.00195. The van der Waals surface area contributed by atoms with Crippen LogP contribution in [0.25, 0.3) is 0 Å². The zero-order valence-electron chi connectivity index (χ0n) is 16.6. The number of rotatable bonds is 6. The molecule has 2 saturated heterocycles. The summed E-state index contributed by atoms with van der Waals surface area (Å²) in [6, 6.07) is 8.77. The van der Waals surface area contributed by atoms with Crippen LogP contribution < -0.4 is 5.32 Å². The van der Waals surface area contributed by atoms with Crippen molar-refractivity contribution in [2.75, 3.05) is 39.9 Å². The predicted octanol–water partition coefficient (Wildman–Crippen LogP) is 1.29. The van der Waals surface area contributed by atoms with Crippen LogP contribution in [0.1, 0.15) is 36.5 Å². The third-order valence-electron chi connectivity index (χ3n) is 5.95. The summed E-state index contributed by atoms with van der Waals surface area (Å²) in [4.78, 5) is 41.9. The number of nitrogens with one attached hydrogen (secondary N) is 1. The molecule has 2 aliphatic heterocycles. The molecule has 1 N–H and O–H groups in total. The summed E-state index contributed by atoms with van der Waals surface area (Å²) in [5, 5.41) is 2.86. The topological polar surface area (TPSA) is 79.0 Å². The van der Waals surface area contributed by atoms with E-state index < -0.39 is 11.5 Å². The Morgan fingerprint density at radius 1 is 1.21 bits per heavy atom. The second kappa shape index (κ2) is 8.73. The van der Waals surface area contributed by atoms with Gasteiger partial charge < -0.3 is 19.9 Å². The molecule has 1 spiro atoms. The van der Waals surface area contributed by atoms with Crippen LogP contribution in [0.4, 0.5) is 0 Å². The van der Waals surface area contributed by atoms with Gasteiger partial charge in [0, 0.05) is 38.9 Å². The Hall–Kier alpha value is -2.41. The van der Waals surface area contributed by atoms with Crippen molar-refractivity contribution in [3.63, 3.8) is 0 Å². The van der Waals surface area contributed by atoms with Crippen LogP contribution in [0.2, 0.25) is 0 Å². The smallest absolute Gasteiger partial charge is 0.253 e. The van der Waals surface area contributed by atoms with Gasteiger partial charge in [0.15, 0.2) is 0 Å². The maximum absolute atomic E-state index is 13.1. The lowest BCUT2D eigenvalue weighted by Gasteiger charge is -2.37. The van der Waals surface area contributed by atoms with E-state index in [-0.39, 0.29) is 17.7 Å². The molecule has 152 valence electrons. The van der Waals surface area contributed by atoms with Crippen molar-refractivity contribution < 1.29 is 19.1 Å². The van der Waals surface area contributed by atoms with Gasteiger partial charge >= 0.3 is 0 Å². The van der Waals surface area contributed by atoms with Crippen molar-refractivity contribution in [1.29, 1.82) is 0 Å². The number of likely N-dealkylation sites (tertiary alicyclic amines) is 2. The van der Waals surface area contributed by atoms with Crippen molar-refractivity contribution in [3.8, 4) is 0 Å². The van der Waals surface area contributed by atoms with Crippen LogP contribution in [0.15, 0.2) is 30.3 Å². The molecule has 2 heterocycles. The van der Waals surface area contributed by atoms with Gasteiger partial charge in [-0.2, -0.15) is 0 Å². The van der Waals surface area contributed by atoms with Gasteiger partial charge in [-0.1, -0.05) is 18.2 Å². The third kappa shape index (κ3) is 3.90. The zero-order chi connectivity index (χ0) is 20.1. The number of nitrogens with zero attached hydrogens (tertiary/aromatic N) is 2. The molecule has 3 rings (SSSR count). The summed E-state index contributed by atoms with van der Waals surface area (Å²) >= 11 is 0. The Morgan fingerprint density at radius 2 is 1.89 bits per heavy atom. The molecule has 7 heteroatoms. The quantitative estimate of drug-likeness (QED) is 0.746. The molecule has 2 fully saturated rings. The number of benzene rings is 1. The van der Waals surface area contributed by atoms with Gasteiger partial charge in [-0.25, -0.2) is 0 Å². The van der Waals surface area contributed by atoms with Gasteiger partial charge in [0.25, 0.3) is 5.91 Å². The van der Waals surface area contributed by atoms with Crippen LogP contribution in [0.5, 0.6) is 0 Å². The average Bonchev–Trinajstić information content (AvgIpc) is 3.00. The third-order valence-corrected chi connectivity index (χ3v) is 5.95. The van der Waals surface area contributed by atoms with Gasteiger partial charge in [0.1, 0.15) is 6.04 Å². The molecule has 2 aliphatic rings. The molecule has 3 amide bonds. The molecule has 28 heavy (non-hydrogen) atoms. The lowest BCUT2D eigenvalue weighted by Crippen LogP contribution is -2.47. The largest absolute Gasteiger partial charge is 0.383 e. The van der Waals surface area contributed by atoms with Crippen LogP contribution in [-0.2, 0) is 14.3 Å². The van der Waals surface area contributed by atoms with E-state index in [0.717, 1.165) is 0 Å². The normalized spacial score (nSPS) is 21.2. The number of carbonyl (C=O) groups is 3. The first-order valence-electron chi connectivity index (χ1n) is 9.94. The Bertz CT molecular complexity index is 714. The molecule has 0 aromatic heterocycles. The number of methoxy groups -OCH3 is 1. The van der Waals surface area contributed by atoms with Gasteiger partial charge in [-0.3, -0.25) is 14.4 Å². The first kappa shape index (κ1) is 20.3. The maximum Gasteiger partial charge on any atom is 0.253 e. The van der Waals surface area contributed by atoms with E-state index in [4.69, 9.17) is 4.74 Å². The highest BCUT2D eigenvalue weighted by molar-refractivity contribution is 5.96. The van der Waals surface area contributed by atoms with Crippen LogP contribution in [-0.4, -0.2) is 73.5 Å². The van der Waals surface area contributed by atoms with Crippen molar-refractivity contribution in [2.24, 2.45) is 5.41 Å². The zero-order valence-corrected chi connectivity index (χ0v) is 16.6. The first-order chi connectivity index (χ1) is 13.5. The van der Waals surface area contributed by atoms with E-state index in [9.17, 15) is 14.4 Å². The molecule has 1 atom stereocenters. The van der Waals surface area contributed by atoms with E-state index in [2.05, 4.69) is 5.32 Å². The van der Waals surface area contributed by atoms with Crippen LogP contribution >= 0.6 is 0 Å². The van der Waals surface area contributed by atoms with Crippen molar-refractivity contribution in [1.82, 2.24) is 15.1 Å². The Balaban J connectivity index is 1.65. The first-order valence-corrected chi connectivity index (χ1v) is 9.94. The molecule has 1 aromatic carbocycles. The second-order valence-corrected chi connectivity index (χ2v) is 7.53. The highest BCUT2D eigenvalue weighted by Crippen LogP contribution is 2.44. The van der Waals surface area contributed by atoms with Gasteiger partial charge in [-0.15, -0.1) is 0 Å². The van der Waals surface area contributed by atoms with E-state index in [1.165, 1.54) is 0 Å². The van der Waals surface area contributed by atoms with Crippen molar-refractivity contribution >= 4 is 17.7 Å². The summed E-state index contributed by atoms with van der Waals surface area (Å²) < 4.78 is 4.98. The monoisotopic (exact) mass is 387 g/mol. The number of amides is 3. The Labute approximate surface area is 166 Å². The van der Waals surface area contributed by atoms with E-state index in [1.54, 1.807) is 12.0 Å². The van der Waals surface area contributed by atoms with Crippen LogP contribution in [0.3, 0.4) is 0 Å². The number of piperidine rings is 1. The minimum Gasteiger partial charge on any atom is -0.383 e. The van der Waals surface area contributed by atoms with Gasteiger partial charge in [0.2, 0.25) is 11.8 Å². The van der Waals surface area contributed by atoms with E-state index >= 15 is 0 Å². The minimum atomic E-state index is -0.535. The lowest BCUT2D eigenvalue weighted by atomic mass is 9.75. The summed E-state index contributed by atoms with van der Waals surface area (Å²) in [5.74, 6) is -0.0669. The maximum atomic E-state index is 13.1. The van der Waals surface area contributed by atoms with E-state index in [0.29, 0.717) is 57.6 Å². The average molecular weight is 387 g/mol. The van der Waals surface area contributed by atoms with Crippen molar-refractivity contribution in [2.45, 2.75) is 32.2 Å². The molecule has 0 aliphatic carbocycles. The molecule has 0 bridgehead atoms. The molecule has 1 aromatic rings. The summed E-state index contributed by atoms with van der Waals surface area (Å²) in [6.07, 6.45) is 1.72. The molecule has 0 radical (unpaired) electrons. The fourth-order valence-corrected chi connectivity index (χ4v) is 4.33. The lowest BCUT2D eigenvalue weighted by molar-refractivity contribution is -0.140. The fourth-order valence-electron chi connectivity index (χ4n) is 4.33. The second-order valence-electron chi connectivity index (χ2n) is 7.53. The highest BCUT2D eigenvalue weighted by atomic mass is 16.5. The van der Waals surface area contributed by atoms with Gasteiger partial charge in [-0.05, 0) is 38.3 Å². The van der Waals surface area contributed by atoms with Crippen LogP contribution in [0, 0.1) is 5.41 Å². The standard InChI is InChI=1S/C21H29N3O4/c1-3-24-17(18(25)22-11-14-28-2)15-21(20(24)27)9-12-23(13-10-21)19(26)16-7-5-4-6-8-16/h4-8,17H,3,9-15H2,1-2H3,(H,22,25). The summed E-state index contributed by atoms with van der Waals surface area (Å²) in [5.41, 5.74) is 0.133. The number of hydrogen-bond donors (Lipinski definition) is 1. The molecular weight excluding hydrogens is 358 g/mol.